The molecule has 2 rings (SSSR count). The summed E-state index contributed by atoms with van der Waals surface area (Å²) in [6.07, 6.45) is 5.75. The SMILES string of the molecule is Cc1cc(Br)cnc1N(CCN)C1CCC1. The fourth-order valence-corrected chi connectivity index (χ4v) is 2.58. The zero-order chi connectivity index (χ0) is 11.5. The molecule has 2 N–H and O–H groups in total. The number of nitrogens with zero attached hydrogens (tertiary/aromatic N) is 2. The predicted molar refractivity (Wildman–Crippen MR) is 70.7 cm³/mol. The quantitative estimate of drug-likeness (QED) is 0.923. The van der Waals surface area contributed by atoms with Crippen molar-refractivity contribution in [3.05, 3.63) is 22.3 Å². The minimum Gasteiger partial charge on any atom is -0.352 e. The van der Waals surface area contributed by atoms with Gasteiger partial charge in [-0.3, -0.25) is 0 Å². The van der Waals surface area contributed by atoms with Gasteiger partial charge in [-0.15, -0.1) is 0 Å². The summed E-state index contributed by atoms with van der Waals surface area (Å²) >= 11 is 3.45. The predicted octanol–water partition coefficient (Wildman–Crippen LogP) is 2.47. The molecule has 16 heavy (non-hydrogen) atoms. The zero-order valence-electron chi connectivity index (χ0n) is 9.62. The molecular weight excluding hydrogens is 266 g/mol. The van der Waals surface area contributed by atoms with Crippen LogP contribution in [-0.2, 0) is 0 Å². The average Bonchev–Trinajstić information content (AvgIpc) is 2.14. The van der Waals surface area contributed by atoms with E-state index in [1.165, 1.54) is 24.8 Å². The Hall–Kier alpha value is -0.610. The number of anilines is 1. The number of pyridine rings is 1. The van der Waals surface area contributed by atoms with Crippen molar-refractivity contribution in [2.75, 3.05) is 18.0 Å². The lowest BCUT2D eigenvalue weighted by molar-refractivity contribution is 0.385. The third kappa shape index (κ3) is 2.38. The van der Waals surface area contributed by atoms with Crippen LogP contribution in [0.4, 0.5) is 5.82 Å². The molecule has 0 atom stereocenters. The van der Waals surface area contributed by atoms with E-state index >= 15 is 0 Å². The normalized spacial score (nSPS) is 15.9. The Morgan fingerprint density at radius 2 is 2.31 bits per heavy atom. The Morgan fingerprint density at radius 1 is 1.56 bits per heavy atom. The molecule has 0 radical (unpaired) electrons. The van der Waals surface area contributed by atoms with Crippen molar-refractivity contribution in [1.29, 1.82) is 0 Å². The summed E-state index contributed by atoms with van der Waals surface area (Å²) in [5, 5.41) is 0. The molecule has 4 heteroatoms. The van der Waals surface area contributed by atoms with Crippen LogP contribution in [0.3, 0.4) is 0 Å². The van der Waals surface area contributed by atoms with Crippen molar-refractivity contribution in [2.45, 2.75) is 32.2 Å². The standard InChI is InChI=1S/C12H18BrN3/c1-9-7-10(13)8-15-12(9)16(6-5-14)11-3-2-4-11/h7-8,11H,2-6,14H2,1H3. The van der Waals surface area contributed by atoms with Crippen LogP contribution in [0.15, 0.2) is 16.7 Å². The van der Waals surface area contributed by atoms with E-state index in [1.54, 1.807) is 0 Å². The third-order valence-corrected chi connectivity index (χ3v) is 3.61. The van der Waals surface area contributed by atoms with E-state index in [1.807, 2.05) is 6.20 Å². The highest BCUT2D eigenvalue weighted by Crippen LogP contribution is 2.30. The molecule has 0 aliphatic heterocycles. The van der Waals surface area contributed by atoms with Gasteiger partial charge in [-0.2, -0.15) is 0 Å². The molecule has 88 valence electrons. The topological polar surface area (TPSA) is 42.2 Å². The van der Waals surface area contributed by atoms with Gasteiger partial charge in [0.05, 0.1) is 0 Å². The van der Waals surface area contributed by atoms with Gasteiger partial charge in [-0.05, 0) is 53.7 Å². The fraction of sp³-hybridized carbons (Fsp3) is 0.583. The van der Waals surface area contributed by atoms with Crippen LogP contribution in [0.5, 0.6) is 0 Å². The monoisotopic (exact) mass is 283 g/mol. The Balaban J connectivity index is 2.23. The summed E-state index contributed by atoms with van der Waals surface area (Å²) in [6.45, 7) is 3.70. The van der Waals surface area contributed by atoms with Crippen LogP contribution < -0.4 is 10.6 Å². The highest BCUT2D eigenvalue weighted by atomic mass is 79.9. The molecule has 1 saturated carbocycles. The lowest BCUT2D eigenvalue weighted by Gasteiger charge is -2.39. The van der Waals surface area contributed by atoms with Crippen LogP contribution in [-0.4, -0.2) is 24.1 Å². The van der Waals surface area contributed by atoms with Gasteiger partial charge < -0.3 is 10.6 Å². The van der Waals surface area contributed by atoms with Crippen molar-refractivity contribution in [3.63, 3.8) is 0 Å². The van der Waals surface area contributed by atoms with Crippen LogP contribution in [0.2, 0.25) is 0 Å². The van der Waals surface area contributed by atoms with Gasteiger partial charge >= 0.3 is 0 Å². The molecule has 1 aliphatic rings. The van der Waals surface area contributed by atoms with Gasteiger partial charge in [-0.1, -0.05) is 0 Å². The zero-order valence-corrected chi connectivity index (χ0v) is 11.2. The largest absolute Gasteiger partial charge is 0.352 e. The third-order valence-electron chi connectivity index (χ3n) is 3.17. The molecule has 0 aromatic carbocycles. The van der Waals surface area contributed by atoms with Crippen molar-refractivity contribution in [3.8, 4) is 0 Å². The number of hydrogen-bond donors (Lipinski definition) is 1. The maximum atomic E-state index is 5.68. The first kappa shape index (κ1) is 11.9. The molecule has 1 fully saturated rings. The first-order valence-corrected chi connectivity index (χ1v) is 6.60. The van der Waals surface area contributed by atoms with Gasteiger partial charge in [-0.25, -0.2) is 4.98 Å². The molecule has 1 aromatic heterocycles. The Morgan fingerprint density at radius 3 is 2.81 bits per heavy atom. The number of aryl methyl sites for hydroxylation is 1. The van der Waals surface area contributed by atoms with Crippen molar-refractivity contribution in [2.24, 2.45) is 5.73 Å². The first-order valence-electron chi connectivity index (χ1n) is 5.81. The molecule has 1 heterocycles. The van der Waals surface area contributed by atoms with Crippen molar-refractivity contribution < 1.29 is 0 Å². The molecule has 0 spiro atoms. The van der Waals surface area contributed by atoms with Gasteiger partial charge in [0.1, 0.15) is 5.82 Å². The number of halogens is 1. The van der Waals surface area contributed by atoms with Gasteiger partial charge in [0, 0.05) is 29.8 Å². The van der Waals surface area contributed by atoms with Gasteiger partial charge in [0.25, 0.3) is 0 Å². The van der Waals surface area contributed by atoms with E-state index in [9.17, 15) is 0 Å². The molecule has 0 amide bonds. The minimum atomic E-state index is 0.649. The van der Waals surface area contributed by atoms with E-state index in [2.05, 4.69) is 38.8 Å². The second kappa shape index (κ2) is 5.15. The summed E-state index contributed by atoms with van der Waals surface area (Å²) in [5.41, 5.74) is 6.90. The maximum absolute atomic E-state index is 5.68. The van der Waals surface area contributed by atoms with Crippen LogP contribution >= 0.6 is 15.9 Å². The Bertz CT molecular complexity index is 363. The smallest absolute Gasteiger partial charge is 0.131 e. The number of aromatic nitrogens is 1. The van der Waals surface area contributed by atoms with Crippen molar-refractivity contribution in [1.82, 2.24) is 4.98 Å². The Kier molecular flexibility index (Phi) is 3.82. The highest BCUT2D eigenvalue weighted by Gasteiger charge is 2.26. The van der Waals surface area contributed by atoms with Crippen LogP contribution in [0.1, 0.15) is 24.8 Å². The number of nitrogens with two attached hydrogens (primary N) is 1. The van der Waals surface area contributed by atoms with Gasteiger partial charge in [0.15, 0.2) is 0 Å². The minimum absolute atomic E-state index is 0.649. The summed E-state index contributed by atoms with van der Waals surface area (Å²) < 4.78 is 1.04. The first-order chi connectivity index (χ1) is 7.72. The molecule has 3 nitrogen and oxygen atoms in total. The summed E-state index contributed by atoms with van der Waals surface area (Å²) in [7, 11) is 0. The molecule has 1 aromatic rings. The van der Waals surface area contributed by atoms with E-state index < -0.39 is 0 Å². The maximum Gasteiger partial charge on any atom is 0.131 e. The summed E-state index contributed by atoms with van der Waals surface area (Å²) in [5.74, 6) is 1.10. The number of hydrogen-bond acceptors (Lipinski definition) is 3. The molecule has 0 saturated heterocycles. The highest BCUT2D eigenvalue weighted by molar-refractivity contribution is 9.10. The number of rotatable bonds is 4. The second-order valence-corrected chi connectivity index (χ2v) is 5.28. The molecule has 1 aliphatic carbocycles. The van der Waals surface area contributed by atoms with Gasteiger partial charge in [0.2, 0.25) is 0 Å². The van der Waals surface area contributed by atoms with Crippen LogP contribution in [0, 0.1) is 6.92 Å². The van der Waals surface area contributed by atoms with Crippen molar-refractivity contribution >= 4 is 21.7 Å². The average molecular weight is 284 g/mol. The molecule has 0 unspecified atom stereocenters. The fourth-order valence-electron chi connectivity index (χ4n) is 2.13. The summed E-state index contributed by atoms with van der Waals surface area (Å²) in [4.78, 5) is 6.89. The van der Waals surface area contributed by atoms with E-state index in [0.717, 1.165) is 16.8 Å². The summed E-state index contributed by atoms with van der Waals surface area (Å²) in [6, 6.07) is 2.76. The lowest BCUT2D eigenvalue weighted by atomic mass is 9.91. The lowest BCUT2D eigenvalue weighted by Crippen LogP contribution is -2.43. The second-order valence-electron chi connectivity index (χ2n) is 4.36. The van der Waals surface area contributed by atoms with Crippen LogP contribution in [0.25, 0.3) is 0 Å². The molecular formula is C12H18BrN3. The van der Waals surface area contributed by atoms with E-state index in [4.69, 9.17) is 5.73 Å². The van der Waals surface area contributed by atoms with E-state index in [0.29, 0.717) is 12.6 Å². The Labute approximate surface area is 105 Å². The van der Waals surface area contributed by atoms with E-state index in [-0.39, 0.29) is 0 Å². The molecule has 0 bridgehead atoms.